The number of ether oxygens (including phenoxy) is 1. The van der Waals surface area contributed by atoms with Gasteiger partial charge in [0, 0.05) is 19.6 Å². The predicted octanol–water partition coefficient (Wildman–Crippen LogP) is 3.32. The Morgan fingerprint density at radius 1 is 1.20 bits per heavy atom. The standard InChI is InChI=1S/C20H31N3O2/c1-2-11-21-20(24)22-12-4-7-15-25-19-10-8-9-18(16-19)17-23-13-5-3-6-14-23/h4,7-10,16H,2-3,5-6,11-15,17H2,1H3,(H2,21,22,24)/b7-4+. The van der Waals surface area contributed by atoms with Gasteiger partial charge in [0.15, 0.2) is 0 Å². The number of amides is 2. The molecule has 1 aliphatic heterocycles. The molecule has 0 radical (unpaired) electrons. The Bertz CT molecular complexity index is 539. The topological polar surface area (TPSA) is 53.6 Å². The predicted molar refractivity (Wildman–Crippen MR) is 102 cm³/mol. The fourth-order valence-corrected chi connectivity index (χ4v) is 2.86. The molecule has 25 heavy (non-hydrogen) atoms. The second-order valence-electron chi connectivity index (χ2n) is 6.40. The first-order chi connectivity index (χ1) is 12.3. The van der Waals surface area contributed by atoms with E-state index in [2.05, 4.69) is 33.7 Å². The molecule has 5 nitrogen and oxygen atoms in total. The van der Waals surface area contributed by atoms with Gasteiger partial charge in [0.05, 0.1) is 0 Å². The van der Waals surface area contributed by atoms with Crippen LogP contribution in [0.3, 0.4) is 0 Å². The van der Waals surface area contributed by atoms with Gasteiger partial charge in [-0.2, -0.15) is 0 Å². The van der Waals surface area contributed by atoms with Gasteiger partial charge in [-0.15, -0.1) is 0 Å². The first kappa shape index (κ1) is 19.3. The molecule has 0 spiro atoms. The molecule has 1 aromatic rings. The second kappa shape index (κ2) is 11.5. The van der Waals surface area contributed by atoms with Crippen molar-refractivity contribution in [3.05, 3.63) is 42.0 Å². The van der Waals surface area contributed by atoms with E-state index in [4.69, 9.17) is 4.74 Å². The number of hydrogen-bond donors (Lipinski definition) is 2. The van der Waals surface area contributed by atoms with E-state index >= 15 is 0 Å². The molecule has 1 aromatic carbocycles. The average molecular weight is 345 g/mol. The molecule has 5 heteroatoms. The van der Waals surface area contributed by atoms with Crippen molar-refractivity contribution >= 4 is 6.03 Å². The molecule has 0 aromatic heterocycles. The maximum Gasteiger partial charge on any atom is 0.315 e. The molecule has 0 bridgehead atoms. The van der Waals surface area contributed by atoms with Crippen molar-refractivity contribution in [3.63, 3.8) is 0 Å². The molecular formula is C20H31N3O2. The van der Waals surface area contributed by atoms with Crippen molar-refractivity contribution in [2.75, 3.05) is 32.8 Å². The maximum absolute atomic E-state index is 11.4. The number of nitrogens with one attached hydrogen (secondary N) is 2. The van der Waals surface area contributed by atoms with Gasteiger partial charge < -0.3 is 15.4 Å². The van der Waals surface area contributed by atoms with Crippen molar-refractivity contribution < 1.29 is 9.53 Å². The van der Waals surface area contributed by atoms with Gasteiger partial charge in [-0.3, -0.25) is 4.90 Å². The van der Waals surface area contributed by atoms with Crippen LogP contribution in [0, 0.1) is 0 Å². The number of piperidine rings is 1. The van der Waals surface area contributed by atoms with Crippen LogP contribution in [-0.2, 0) is 6.54 Å². The lowest BCUT2D eigenvalue weighted by Crippen LogP contribution is -2.35. The van der Waals surface area contributed by atoms with Crippen molar-refractivity contribution in [1.29, 1.82) is 0 Å². The summed E-state index contributed by atoms with van der Waals surface area (Å²) in [6.07, 6.45) is 8.76. The number of nitrogens with zero attached hydrogens (tertiary/aromatic N) is 1. The van der Waals surface area contributed by atoms with E-state index in [1.54, 1.807) is 0 Å². The second-order valence-corrected chi connectivity index (χ2v) is 6.40. The lowest BCUT2D eigenvalue weighted by atomic mass is 10.1. The zero-order valence-corrected chi connectivity index (χ0v) is 15.3. The van der Waals surface area contributed by atoms with Crippen molar-refractivity contribution in [3.8, 4) is 5.75 Å². The first-order valence-electron chi connectivity index (χ1n) is 9.38. The molecule has 0 unspecified atom stereocenters. The van der Waals surface area contributed by atoms with Gasteiger partial charge in [-0.1, -0.05) is 31.6 Å². The van der Waals surface area contributed by atoms with Crippen LogP contribution in [-0.4, -0.2) is 43.7 Å². The molecule has 0 saturated carbocycles. The zero-order valence-electron chi connectivity index (χ0n) is 15.3. The van der Waals surface area contributed by atoms with Crippen molar-refractivity contribution in [2.45, 2.75) is 39.2 Å². The first-order valence-corrected chi connectivity index (χ1v) is 9.38. The van der Waals surface area contributed by atoms with E-state index in [0.717, 1.165) is 18.7 Å². The highest BCUT2D eigenvalue weighted by Crippen LogP contribution is 2.17. The minimum atomic E-state index is -0.127. The van der Waals surface area contributed by atoms with Crippen LogP contribution in [0.1, 0.15) is 38.2 Å². The van der Waals surface area contributed by atoms with Crippen molar-refractivity contribution in [1.82, 2.24) is 15.5 Å². The van der Waals surface area contributed by atoms with Crippen molar-refractivity contribution in [2.24, 2.45) is 0 Å². The van der Waals surface area contributed by atoms with E-state index < -0.39 is 0 Å². The van der Waals surface area contributed by atoms with Gasteiger partial charge in [0.2, 0.25) is 0 Å². The number of likely N-dealkylation sites (tertiary alicyclic amines) is 1. The number of carbonyl (C=O) groups is 1. The van der Waals surface area contributed by atoms with Crippen LogP contribution in [0.2, 0.25) is 0 Å². The Labute approximate surface area is 151 Å². The third-order valence-corrected chi connectivity index (χ3v) is 4.18. The van der Waals surface area contributed by atoms with E-state index in [9.17, 15) is 4.79 Å². The maximum atomic E-state index is 11.4. The third-order valence-electron chi connectivity index (χ3n) is 4.18. The van der Waals surface area contributed by atoms with Gasteiger partial charge in [0.1, 0.15) is 12.4 Å². The normalized spacial score (nSPS) is 15.2. The number of benzene rings is 1. The van der Waals surface area contributed by atoms with Crippen LogP contribution in [0.4, 0.5) is 4.79 Å². The van der Waals surface area contributed by atoms with Gasteiger partial charge in [0.25, 0.3) is 0 Å². The molecule has 1 heterocycles. The van der Waals surface area contributed by atoms with Gasteiger partial charge >= 0.3 is 6.03 Å². The Kier molecular flexibility index (Phi) is 8.91. The van der Waals surface area contributed by atoms with Crippen LogP contribution in [0.5, 0.6) is 5.75 Å². The summed E-state index contributed by atoms with van der Waals surface area (Å²) in [6.45, 7) is 7.15. The van der Waals surface area contributed by atoms with Crippen LogP contribution in [0.15, 0.2) is 36.4 Å². The molecule has 0 aliphatic carbocycles. The number of hydrogen-bond acceptors (Lipinski definition) is 3. The Hall–Kier alpha value is -2.01. The number of rotatable bonds is 9. The molecule has 1 fully saturated rings. The largest absolute Gasteiger partial charge is 0.490 e. The number of urea groups is 1. The average Bonchev–Trinajstić information content (AvgIpc) is 2.64. The number of carbonyl (C=O) groups excluding carboxylic acids is 1. The fraction of sp³-hybridized carbons (Fsp3) is 0.550. The highest BCUT2D eigenvalue weighted by Gasteiger charge is 2.10. The summed E-state index contributed by atoms with van der Waals surface area (Å²) in [4.78, 5) is 13.9. The zero-order chi connectivity index (χ0) is 17.7. The molecular weight excluding hydrogens is 314 g/mol. The molecule has 138 valence electrons. The molecule has 1 aliphatic rings. The quantitative estimate of drug-likeness (QED) is 0.675. The Balaban J connectivity index is 1.65. The molecule has 1 saturated heterocycles. The lowest BCUT2D eigenvalue weighted by Gasteiger charge is -2.26. The van der Waals surface area contributed by atoms with E-state index in [-0.39, 0.29) is 6.03 Å². The summed E-state index contributed by atoms with van der Waals surface area (Å²) in [6, 6.07) is 8.20. The molecule has 2 amide bonds. The summed E-state index contributed by atoms with van der Waals surface area (Å²) in [5, 5.41) is 5.54. The van der Waals surface area contributed by atoms with E-state index in [1.807, 2.05) is 25.1 Å². The van der Waals surface area contributed by atoms with Gasteiger partial charge in [-0.05, 0) is 56.1 Å². The van der Waals surface area contributed by atoms with Crippen LogP contribution in [0.25, 0.3) is 0 Å². The minimum Gasteiger partial charge on any atom is -0.490 e. The van der Waals surface area contributed by atoms with E-state index in [1.165, 1.54) is 37.9 Å². The molecule has 2 rings (SSSR count). The smallest absolute Gasteiger partial charge is 0.315 e. The summed E-state index contributed by atoms with van der Waals surface area (Å²) in [7, 11) is 0. The summed E-state index contributed by atoms with van der Waals surface area (Å²) in [5.41, 5.74) is 1.30. The minimum absolute atomic E-state index is 0.127. The van der Waals surface area contributed by atoms with Crippen LogP contribution < -0.4 is 15.4 Å². The van der Waals surface area contributed by atoms with Gasteiger partial charge in [-0.25, -0.2) is 4.79 Å². The highest BCUT2D eigenvalue weighted by atomic mass is 16.5. The molecule has 2 N–H and O–H groups in total. The summed E-state index contributed by atoms with van der Waals surface area (Å²) in [5.74, 6) is 0.896. The van der Waals surface area contributed by atoms with E-state index in [0.29, 0.717) is 19.7 Å². The Morgan fingerprint density at radius 3 is 2.84 bits per heavy atom. The fourth-order valence-electron chi connectivity index (χ4n) is 2.86. The monoisotopic (exact) mass is 345 g/mol. The Morgan fingerprint density at radius 2 is 2.04 bits per heavy atom. The summed E-state index contributed by atoms with van der Waals surface area (Å²) >= 11 is 0. The lowest BCUT2D eigenvalue weighted by molar-refractivity contribution is 0.220. The molecule has 0 atom stereocenters. The van der Waals surface area contributed by atoms with Crippen LogP contribution >= 0.6 is 0 Å². The SMILES string of the molecule is CCCNC(=O)NC/C=C/COc1cccc(CN2CCCCC2)c1. The summed E-state index contributed by atoms with van der Waals surface area (Å²) < 4.78 is 5.77. The third kappa shape index (κ3) is 8.07. The highest BCUT2D eigenvalue weighted by molar-refractivity contribution is 5.73.